The summed E-state index contributed by atoms with van der Waals surface area (Å²) in [7, 11) is 0. The van der Waals surface area contributed by atoms with Gasteiger partial charge in [0.25, 0.3) is 0 Å². The van der Waals surface area contributed by atoms with Crippen LogP contribution in [0.3, 0.4) is 0 Å². The molecular formula is C10H9N3. The molecule has 0 aliphatic heterocycles. The number of rotatable bonds is 2. The lowest BCUT2D eigenvalue weighted by Crippen LogP contribution is -2.06. The lowest BCUT2D eigenvalue weighted by molar-refractivity contribution is 1.42. The monoisotopic (exact) mass is 171 g/mol. The summed E-state index contributed by atoms with van der Waals surface area (Å²) in [5, 5.41) is 8.18. The highest BCUT2D eigenvalue weighted by Gasteiger charge is 1.84. The number of nitrogens with two attached hydrogens (primary N) is 1. The Labute approximate surface area is 76.8 Å². The Morgan fingerprint density at radius 2 is 2.08 bits per heavy atom. The molecule has 0 heterocycles. The third-order valence-corrected chi connectivity index (χ3v) is 1.43. The van der Waals surface area contributed by atoms with Crippen molar-refractivity contribution in [1.29, 1.82) is 5.26 Å². The average molecular weight is 171 g/mol. The molecule has 3 heteroatoms. The van der Waals surface area contributed by atoms with Gasteiger partial charge in [0.15, 0.2) is 0 Å². The van der Waals surface area contributed by atoms with Crippen LogP contribution in [0.5, 0.6) is 0 Å². The number of amidine groups is 1. The van der Waals surface area contributed by atoms with E-state index in [-0.39, 0.29) is 5.84 Å². The van der Waals surface area contributed by atoms with Crippen molar-refractivity contribution in [3.8, 4) is 6.19 Å². The van der Waals surface area contributed by atoms with E-state index in [1.54, 1.807) is 18.3 Å². The number of nitriles is 1. The fourth-order valence-electron chi connectivity index (χ4n) is 0.841. The van der Waals surface area contributed by atoms with Gasteiger partial charge in [0, 0.05) is 0 Å². The minimum Gasteiger partial charge on any atom is -0.383 e. The van der Waals surface area contributed by atoms with Crippen LogP contribution in [-0.4, -0.2) is 5.84 Å². The molecule has 0 unspecified atom stereocenters. The summed E-state index contributed by atoms with van der Waals surface area (Å²) < 4.78 is 0. The average Bonchev–Trinajstić information content (AvgIpc) is 2.17. The molecule has 0 amide bonds. The van der Waals surface area contributed by atoms with Gasteiger partial charge in [-0.1, -0.05) is 36.4 Å². The second-order valence-corrected chi connectivity index (χ2v) is 2.38. The predicted octanol–water partition coefficient (Wildman–Crippen LogP) is 1.54. The Hall–Kier alpha value is -2.08. The quantitative estimate of drug-likeness (QED) is 0.416. The maximum atomic E-state index is 8.18. The normalized spacial score (nSPS) is 11.5. The highest BCUT2D eigenvalue weighted by atomic mass is 14.8. The number of benzene rings is 1. The Balaban J connectivity index is 2.71. The van der Waals surface area contributed by atoms with Crippen molar-refractivity contribution < 1.29 is 0 Å². The number of hydrogen-bond acceptors (Lipinski definition) is 2. The first-order valence-electron chi connectivity index (χ1n) is 3.78. The number of nitrogens with zero attached hydrogens (tertiary/aromatic N) is 2. The van der Waals surface area contributed by atoms with Crippen molar-refractivity contribution >= 4 is 11.9 Å². The van der Waals surface area contributed by atoms with Crippen LogP contribution >= 0.6 is 0 Å². The molecule has 0 atom stereocenters. The molecule has 0 aliphatic carbocycles. The summed E-state index contributed by atoms with van der Waals surface area (Å²) in [5.41, 5.74) is 6.40. The molecule has 0 aromatic heterocycles. The van der Waals surface area contributed by atoms with Crippen LogP contribution in [0, 0.1) is 11.5 Å². The van der Waals surface area contributed by atoms with E-state index in [1.165, 1.54) is 0 Å². The Kier molecular flexibility index (Phi) is 3.28. The zero-order chi connectivity index (χ0) is 9.52. The molecule has 64 valence electrons. The third-order valence-electron chi connectivity index (χ3n) is 1.43. The summed E-state index contributed by atoms with van der Waals surface area (Å²) in [6.07, 6.45) is 5.01. The highest BCUT2D eigenvalue weighted by Crippen LogP contribution is 2.00. The van der Waals surface area contributed by atoms with E-state index < -0.39 is 0 Å². The summed E-state index contributed by atoms with van der Waals surface area (Å²) in [6, 6.07) is 9.67. The van der Waals surface area contributed by atoms with Gasteiger partial charge in [-0.05, 0) is 11.6 Å². The summed E-state index contributed by atoms with van der Waals surface area (Å²) in [5.74, 6) is 0.214. The zero-order valence-electron chi connectivity index (χ0n) is 7.01. The van der Waals surface area contributed by atoms with Gasteiger partial charge in [0.1, 0.15) is 5.84 Å². The van der Waals surface area contributed by atoms with E-state index >= 15 is 0 Å². The largest absolute Gasteiger partial charge is 0.383 e. The Morgan fingerprint density at radius 1 is 1.38 bits per heavy atom. The summed E-state index contributed by atoms with van der Waals surface area (Å²) >= 11 is 0. The van der Waals surface area contributed by atoms with E-state index in [0.29, 0.717) is 0 Å². The molecule has 0 saturated carbocycles. The van der Waals surface area contributed by atoms with Gasteiger partial charge in [-0.3, -0.25) is 0 Å². The van der Waals surface area contributed by atoms with Gasteiger partial charge in [-0.2, -0.15) is 10.3 Å². The minimum absolute atomic E-state index is 0.214. The molecular weight excluding hydrogens is 162 g/mol. The molecule has 0 spiro atoms. The number of aliphatic imine (C=N–C) groups is 1. The van der Waals surface area contributed by atoms with Crippen LogP contribution in [0.4, 0.5) is 0 Å². The van der Waals surface area contributed by atoms with Crippen LogP contribution < -0.4 is 5.73 Å². The van der Waals surface area contributed by atoms with Crippen molar-refractivity contribution in [1.82, 2.24) is 0 Å². The second-order valence-electron chi connectivity index (χ2n) is 2.38. The van der Waals surface area contributed by atoms with E-state index in [2.05, 4.69) is 4.99 Å². The number of hydrogen-bond donors (Lipinski definition) is 1. The first kappa shape index (κ1) is 9.01. The standard InChI is InChI=1S/C10H9N3/c11-8-13-10(12)7-6-9-4-2-1-3-5-9/h1-7H,(H2,12,13). The van der Waals surface area contributed by atoms with Gasteiger partial charge >= 0.3 is 0 Å². The maximum absolute atomic E-state index is 8.18. The molecule has 0 radical (unpaired) electrons. The van der Waals surface area contributed by atoms with Gasteiger partial charge in [-0.25, -0.2) is 0 Å². The molecule has 1 rings (SSSR count). The topological polar surface area (TPSA) is 62.2 Å². The van der Waals surface area contributed by atoms with Gasteiger partial charge in [-0.15, -0.1) is 0 Å². The van der Waals surface area contributed by atoms with Crippen LogP contribution in [0.15, 0.2) is 41.4 Å². The van der Waals surface area contributed by atoms with E-state index in [4.69, 9.17) is 11.0 Å². The molecule has 0 saturated heterocycles. The molecule has 0 aliphatic rings. The fourth-order valence-corrected chi connectivity index (χ4v) is 0.841. The van der Waals surface area contributed by atoms with E-state index in [0.717, 1.165) is 5.56 Å². The van der Waals surface area contributed by atoms with Gasteiger partial charge < -0.3 is 5.73 Å². The lowest BCUT2D eigenvalue weighted by atomic mass is 10.2. The molecule has 3 nitrogen and oxygen atoms in total. The molecule has 2 N–H and O–H groups in total. The predicted molar refractivity (Wildman–Crippen MR) is 52.7 cm³/mol. The van der Waals surface area contributed by atoms with E-state index in [1.807, 2.05) is 30.3 Å². The second kappa shape index (κ2) is 4.73. The summed E-state index contributed by atoms with van der Waals surface area (Å²) in [6.45, 7) is 0. The molecule has 13 heavy (non-hydrogen) atoms. The maximum Gasteiger partial charge on any atom is 0.207 e. The molecule has 0 fully saturated rings. The third kappa shape index (κ3) is 3.21. The van der Waals surface area contributed by atoms with E-state index in [9.17, 15) is 0 Å². The van der Waals surface area contributed by atoms with Gasteiger partial charge in [0.05, 0.1) is 0 Å². The Bertz CT molecular complexity index is 358. The summed E-state index contributed by atoms with van der Waals surface area (Å²) in [4.78, 5) is 3.35. The molecule has 1 aromatic carbocycles. The fraction of sp³-hybridized carbons (Fsp3) is 0. The van der Waals surface area contributed by atoms with Crippen LogP contribution in [0.1, 0.15) is 5.56 Å². The van der Waals surface area contributed by atoms with Crippen molar-refractivity contribution in [2.24, 2.45) is 10.7 Å². The molecule has 0 bridgehead atoms. The van der Waals surface area contributed by atoms with Crippen molar-refractivity contribution in [3.63, 3.8) is 0 Å². The van der Waals surface area contributed by atoms with Crippen LogP contribution in [-0.2, 0) is 0 Å². The first-order valence-corrected chi connectivity index (χ1v) is 3.78. The Morgan fingerprint density at radius 3 is 2.69 bits per heavy atom. The van der Waals surface area contributed by atoms with Crippen LogP contribution in [0.2, 0.25) is 0 Å². The van der Waals surface area contributed by atoms with Crippen LogP contribution in [0.25, 0.3) is 6.08 Å². The zero-order valence-corrected chi connectivity index (χ0v) is 7.01. The van der Waals surface area contributed by atoms with Crippen molar-refractivity contribution in [2.45, 2.75) is 0 Å². The van der Waals surface area contributed by atoms with Gasteiger partial charge in [0.2, 0.25) is 6.19 Å². The van der Waals surface area contributed by atoms with Crippen molar-refractivity contribution in [3.05, 3.63) is 42.0 Å². The van der Waals surface area contributed by atoms with Crippen molar-refractivity contribution in [2.75, 3.05) is 0 Å². The minimum atomic E-state index is 0.214. The SMILES string of the molecule is N#CN=C(N)C=Cc1ccccc1. The first-order chi connectivity index (χ1) is 6.33. The molecule has 1 aromatic rings. The smallest absolute Gasteiger partial charge is 0.207 e. The lowest BCUT2D eigenvalue weighted by Gasteiger charge is -1.90. The highest BCUT2D eigenvalue weighted by molar-refractivity contribution is 5.95.